The van der Waals surface area contributed by atoms with Gasteiger partial charge in [-0.3, -0.25) is 9.69 Å². The molecule has 0 aromatic rings. The number of nitrogens with zero attached hydrogens (tertiary/aromatic N) is 1. The van der Waals surface area contributed by atoms with Crippen LogP contribution in [0.5, 0.6) is 0 Å². The zero-order chi connectivity index (χ0) is 15.2. The maximum absolute atomic E-state index is 12.5. The summed E-state index contributed by atoms with van der Waals surface area (Å²) in [5, 5.41) is 9.66. The van der Waals surface area contributed by atoms with Crippen molar-refractivity contribution in [3.8, 4) is 0 Å². The quantitative estimate of drug-likeness (QED) is 0.314. The van der Waals surface area contributed by atoms with Crippen LogP contribution in [0, 0.1) is 5.92 Å². The van der Waals surface area contributed by atoms with Gasteiger partial charge in [0.2, 0.25) is 5.91 Å². The van der Waals surface area contributed by atoms with Crippen LogP contribution in [0.25, 0.3) is 0 Å². The standard InChI is InChI=1S/C13H18INO6/c1-2-3-4-19-8-5-7-9(21-8)13(11(17)18)6-20-12(14)15(13)10(7)16/h7-9,12H,2-6H2,1H3,(H,17,18)/t7-,8?,9?,12+,13+/m1/s1. The van der Waals surface area contributed by atoms with E-state index in [1.54, 1.807) is 0 Å². The van der Waals surface area contributed by atoms with Gasteiger partial charge in [0.15, 0.2) is 16.1 Å². The van der Waals surface area contributed by atoms with E-state index in [9.17, 15) is 14.7 Å². The van der Waals surface area contributed by atoms with Gasteiger partial charge in [-0.15, -0.1) is 0 Å². The predicted octanol–water partition coefficient (Wildman–Crippen LogP) is 0.949. The number of rotatable bonds is 5. The van der Waals surface area contributed by atoms with Gasteiger partial charge in [-0.2, -0.15) is 0 Å². The van der Waals surface area contributed by atoms with Crippen LogP contribution in [0.3, 0.4) is 0 Å². The summed E-state index contributed by atoms with van der Waals surface area (Å²) in [6, 6.07) is 0. The second-order valence-electron chi connectivity index (χ2n) is 5.59. The van der Waals surface area contributed by atoms with Crippen LogP contribution >= 0.6 is 22.6 Å². The number of fused-ring (bicyclic) bond motifs is 3. The van der Waals surface area contributed by atoms with Crippen molar-refractivity contribution in [2.75, 3.05) is 13.2 Å². The molecule has 0 saturated carbocycles. The summed E-state index contributed by atoms with van der Waals surface area (Å²) in [7, 11) is 0. The number of carbonyl (C=O) groups excluding carboxylic acids is 1. The van der Waals surface area contributed by atoms with E-state index in [1.165, 1.54) is 4.90 Å². The second kappa shape index (κ2) is 5.64. The Bertz CT molecular complexity index is 460. The molecule has 3 aliphatic rings. The Hall–Kier alpha value is -0.450. The molecule has 2 unspecified atom stereocenters. The third-order valence-electron chi connectivity index (χ3n) is 4.38. The number of unbranched alkanes of at least 4 members (excludes halogenated alkanes) is 1. The smallest absolute Gasteiger partial charge is 0.334 e. The van der Waals surface area contributed by atoms with Gasteiger partial charge >= 0.3 is 5.97 Å². The fourth-order valence-electron chi connectivity index (χ4n) is 3.29. The van der Waals surface area contributed by atoms with E-state index in [4.69, 9.17) is 14.2 Å². The summed E-state index contributed by atoms with van der Waals surface area (Å²) in [5.74, 6) is -1.73. The number of alkyl halides is 1. The molecule has 1 N–H and O–H groups in total. The number of carboxylic acid groups (broad SMARTS) is 1. The average Bonchev–Trinajstić information content (AvgIpc) is 3.05. The van der Waals surface area contributed by atoms with Gasteiger partial charge < -0.3 is 19.3 Å². The molecule has 0 aromatic heterocycles. The van der Waals surface area contributed by atoms with Crippen LogP contribution in [-0.4, -0.2) is 57.3 Å². The number of hydrogen-bond donors (Lipinski definition) is 1. The molecule has 0 aliphatic carbocycles. The first kappa shape index (κ1) is 15.4. The van der Waals surface area contributed by atoms with Gasteiger partial charge in [0.1, 0.15) is 6.10 Å². The molecule has 8 heteroatoms. The first-order valence-electron chi connectivity index (χ1n) is 7.11. The number of aliphatic carboxylic acids is 1. The topological polar surface area (TPSA) is 85.3 Å². The van der Waals surface area contributed by atoms with Gasteiger partial charge in [0.25, 0.3) is 0 Å². The van der Waals surface area contributed by atoms with Crippen LogP contribution in [0.2, 0.25) is 0 Å². The van der Waals surface area contributed by atoms with E-state index in [0.717, 1.165) is 12.8 Å². The normalized spacial score (nSPS) is 41.4. The van der Waals surface area contributed by atoms with E-state index >= 15 is 0 Å². The Kier molecular flexibility index (Phi) is 4.15. The summed E-state index contributed by atoms with van der Waals surface area (Å²) in [6.45, 7) is 2.58. The molecule has 5 atom stereocenters. The number of hydrogen-bond acceptors (Lipinski definition) is 5. The average molecular weight is 411 g/mol. The molecule has 3 rings (SSSR count). The van der Waals surface area contributed by atoms with Crippen LogP contribution in [0.4, 0.5) is 0 Å². The Morgan fingerprint density at radius 2 is 2.38 bits per heavy atom. The Morgan fingerprint density at radius 3 is 3.05 bits per heavy atom. The minimum atomic E-state index is -1.41. The molecule has 3 aliphatic heterocycles. The lowest BCUT2D eigenvalue weighted by molar-refractivity contribution is -0.175. The van der Waals surface area contributed by atoms with E-state index in [2.05, 4.69) is 6.92 Å². The maximum atomic E-state index is 12.5. The van der Waals surface area contributed by atoms with Crippen LogP contribution in [-0.2, 0) is 23.8 Å². The summed E-state index contributed by atoms with van der Waals surface area (Å²) in [6.07, 6.45) is 1.15. The zero-order valence-electron chi connectivity index (χ0n) is 11.7. The van der Waals surface area contributed by atoms with E-state index in [-0.39, 0.29) is 12.5 Å². The van der Waals surface area contributed by atoms with Crippen molar-refractivity contribution in [3.63, 3.8) is 0 Å². The Morgan fingerprint density at radius 1 is 1.62 bits per heavy atom. The van der Waals surface area contributed by atoms with Crippen molar-refractivity contribution in [3.05, 3.63) is 0 Å². The highest BCUT2D eigenvalue weighted by molar-refractivity contribution is 14.1. The molecule has 3 saturated heterocycles. The largest absolute Gasteiger partial charge is 0.479 e. The molecule has 0 spiro atoms. The van der Waals surface area contributed by atoms with Crippen molar-refractivity contribution in [1.29, 1.82) is 0 Å². The van der Waals surface area contributed by atoms with E-state index < -0.39 is 34.1 Å². The Balaban J connectivity index is 1.79. The van der Waals surface area contributed by atoms with Crippen molar-refractivity contribution >= 4 is 34.5 Å². The molecule has 3 heterocycles. The van der Waals surface area contributed by atoms with Gasteiger partial charge in [0.05, 0.1) is 12.5 Å². The first-order valence-corrected chi connectivity index (χ1v) is 8.36. The van der Waals surface area contributed by atoms with Crippen molar-refractivity contribution < 1.29 is 28.9 Å². The molecule has 0 radical (unpaired) electrons. The molecule has 118 valence electrons. The number of carboxylic acids is 1. The SMILES string of the molecule is CCCCOC1C[C@H]2C(=O)N3[C@H](I)OC[C@@]3(C(=O)O)C2O1. The highest BCUT2D eigenvalue weighted by Gasteiger charge is 2.71. The third kappa shape index (κ3) is 2.18. The molecular weight excluding hydrogens is 393 g/mol. The number of carbonyl (C=O) groups is 2. The minimum Gasteiger partial charge on any atom is -0.479 e. The fourth-order valence-corrected chi connectivity index (χ4v) is 4.24. The second-order valence-corrected chi connectivity index (χ2v) is 6.66. The number of amides is 1. The van der Waals surface area contributed by atoms with E-state index in [1.807, 2.05) is 22.6 Å². The minimum absolute atomic E-state index is 0.0372. The third-order valence-corrected chi connectivity index (χ3v) is 5.30. The van der Waals surface area contributed by atoms with Crippen LogP contribution in [0.1, 0.15) is 26.2 Å². The highest BCUT2D eigenvalue weighted by Crippen LogP contribution is 2.50. The lowest BCUT2D eigenvalue weighted by Crippen LogP contribution is -2.57. The lowest BCUT2D eigenvalue weighted by atomic mass is 9.90. The van der Waals surface area contributed by atoms with Crippen molar-refractivity contribution in [2.45, 2.75) is 48.4 Å². The first-order chi connectivity index (χ1) is 10.0. The van der Waals surface area contributed by atoms with Crippen LogP contribution in [0.15, 0.2) is 0 Å². The molecular formula is C13H18INO6. The van der Waals surface area contributed by atoms with Gasteiger partial charge in [-0.05, 0) is 29.0 Å². The number of ether oxygens (including phenoxy) is 3. The molecule has 0 aromatic carbocycles. The molecule has 7 nitrogen and oxygen atoms in total. The summed E-state index contributed by atoms with van der Waals surface area (Å²) in [5.41, 5.74) is -1.41. The molecule has 1 amide bonds. The highest BCUT2D eigenvalue weighted by atomic mass is 127. The zero-order valence-corrected chi connectivity index (χ0v) is 13.8. The monoisotopic (exact) mass is 411 g/mol. The summed E-state index contributed by atoms with van der Waals surface area (Å²) >= 11 is 1.93. The van der Waals surface area contributed by atoms with Crippen molar-refractivity contribution in [1.82, 2.24) is 4.90 Å². The fraction of sp³-hybridized carbons (Fsp3) is 0.846. The predicted molar refractivity (Wildman–Crippen MR) is 78.6 cm³/mol. The van der Waals surface area contributed by atoms with Gasteiger partial charge in [-0.1, -0.05) is 13.3 Å². The summed E-state index contributed by atoms with van der Waals surface area (Å²) < 4.78 is 16.2. The Labute approximate surface area is 136 Å². The molecule has 3 fully saturated rings. The molecule has 0 bridgehead atoms. The van der Waals surface area contributed by atoms with Crippen molar-refractivity contribution in [2.24, 2.45) is 5.92 Å². The molecule has 21 heavy (non-hydrogen) atoms. The van der Waals surface area contributed by atoms with Gasteiger partial charge in [0, 0.05) is 13.0 Å². The summed E-state index contributed by atoms with van der Waals surface area (Å²) in [4.78, 5) is 25.6. The number of halogens is 1. The van der Waals surface area contributed by atoms with Crippen LogP contribution < -0.4 is 0 Å². The lowest BCUT2D eigenvalue weighted by Gasteiger charge is -2.31. The van der Waals surface area contributed by atoms with E-state index in [0.29, 0.717) is 13.0 Å². The maximum Gasteiger partial charge on any atom is 0.334 e. The van der Waals surface area contributed by atoms with Gasteiger partial charge in [-0.25, -0.2) is 4.79 Å².